The zero-order valence-electron chi connectivity index (χ0n) is 15.7. The van der Waals surface area contributed by atoms with Gasteiger partial charge in [0, 0.05) is 12.7 Å². The maximum atomic E-state index is 13.2. The van der Waals surface area contributed by atoms with E-state index in [0.29, 0.717) is 23.1 Å². The molecule has 0 fully saturated rings. The van der Waals surface area contributed by atoms with E-state index >= 15 is 0 Å². The molecule has 138 valence electrons. The number of carbonyl (C=O) groups excluding carboxylic acids is 1. The summed E-state index contributed by atoms with van der Waals surface area (Å²) >= 11 is 1.51. The van der Waals surface area contributed by atoms with E-state index in [1.165, 1.54) is 16.9 Å². The Bertz CT molecular complexity index is 1110. The lowest BCUT2D eigenvalue weighted by Crippen LogP contribution is -2.30. The molecule has 0 aliphatic heterocycles. The number of hydrogen-bond acceptors (Lipinski definition) is 5. The second-order valence-corrected chi connectivity index (χ2v) is 7.70. The van der Waals surface area contributed by atoms with Crippen LogP contribution in [0, 0.1) is 20.8 Å². The predicted octanol–water partition coefficient (Wildman–Crippen LogP) is 4.40. The maximum absolute atomic E-state index is 13.2. The van der Waals surface area contributed by atoms with Crippen molar-refractivity contribution < 1.29 is 9.21 Å². The van der Waals surface area contributed by atoms with Gasteiger partial charge in [-0.05, 0) is 56.2 Å². The number of anilines is 1. The summed E-state index contributed by atoms with van der Waals surface area (Å²) in [6, 6.07) is 9.66. The maximum Gasteiger partial charge on any atom is 0.280 e. The number of benzene rings is 1. The molecule has 4 rings (SSSR count). The van der Waals surface area contributed by atoms with Gasteiger partial charge in [0.1, 0.15) is 5.76 Å². The number of amides is 1. The van der Waals surface area contributed by atoms with Crippen LogP contribution in [0.25, 0.3) is 10.2 Å². The van der Waals surface area contributed by atoms with Crippen molar-refractivity contribution in [1.29, 1.82) is 0 Å². The zero-order chi connectivity index (χ0) is 19.1. The molecule has 6 nitrogen and oxygen atoms in total. The second-order valence-electron chi connectivity index (χ2n) is 6.69. The van der Waals surface area contributed by atoms with E-state index in [0.717, 1.165) is 21.5 Å². The molecule has 0 N–H and O–H groups in total. The van der Waals surface area contributed by atoms with Gasteiger partial charge in [-0.15, -0.1) is 0 Å². The Morgan fingerprint density at radius 2 is 2.07 bits per heavy atom. The van der Waals surface area contributed by atoms with E-state index in [1.54, 1.807) is 21.9 Å². The smallest absolute Gasteiger partial charge is 0.280 e. The highest BCUT2D eigenvalue weighted by atomic mass is 32.1. The van der Waals surface area contributed by atoms with Crippen LogP contribution in [-0.2, 0) is 13.6 Å². The van der Waals surface area contributed by atoms with E-state index in [1.807, 2.05) is 33.0 Å². The van der Waals surface area contributed by atoms with Gasteiger partial charge in [-0.3, -0.25) is 14.4 Å². The first-order valence-corrected chi connectivity index (χ1v) is 9.46. The fraction of sp³-hybridized carbons (Fsp3) is 0.250. The summed E-state index contributed by atoms with van der Waals surface area (Å²) < 4.78 is 8.24. The number of carbonyl (C=O) groups is 1. The van der Waals surface area contributed by atoms with Crippen molar-refractivity contribution >= 4 is 32.6 Å². The van der Waals surface area contributed by atoms with Gasteiger partial charge in [-0.25, -0.2) is 4.98 Å². The van der Waals surface area contributed by atoms with Gasteiger partial charge in [0.25, 0.3) is 5.91 Å². The Labute approximate surface area is 161 Å². The van der Waals surface area contributed by atoms with E-state index in [2.05, 4.69) is 24.2 Å². The first kappa shape index (κ1) is 17.5. The van der Waals surface area contributed by atoms with Crippen molar-refractivity contribution in [3.05, 3.63) is 64.9 Å². The largest absolute Gasteiger partial charge is 0.467 e. The summed E-state index contributed by atoms with van der Waals surface area (Å²) in [6.07, 6.45) is 1.61. The molecule has 0 aliphatic carbocycles. The van der Waals surface area contributed by atoms with Gasteiger partial charge < -0.3 is 4.42 Å². The standard InChI is InChI=1S/C20H20N4O2S/c1-12-8-13(2)18-17(9-12)27-20(21-18)24(11-15-6-5-7-26-15)19(25)16-10-14(3)23(4)22-16/h5-10H,11H2,1-4H3. The molecule has 27 heavy (non-hydrogen) atoms. The van der Waals surface area contributed by atoms with Gasteiger partial charge in [0.15, 0.2) is 10.8 Å². The number of nitrogens with zero attached hydrogens (tertiary/aromatic N) is 4. The highest BCUT2D eigenvalue weighted by Gasteiger charge is 2.25. The molecular weight excluding hydrogens is 360 g/mol. The molecule has 1 amide bonds. The highest BCUT2D eigenvalue weighted by Crippen LogP contribution is 2.33. The molecule has 0 bridgehead atoms. The average molecular weight is 380 g/mol. The number of aromatic nitrogens is 3. The van der Waals surface area contributed by atoms with Crippen LogP contribution in [0.5, 0.6) is 0 Å². The first-order valence-electron chi connectivity index (χ1n) is 8.65. The van der Waals surface area contributed by atoms with E-state index < -0.39 is 0 Å². The van der Waals surface area contributed by atoms with Crippen LogP contribution in [0.4, 0.5) is 5.13 Å². The lowest BCUT2D eigenvalue weighted by atomic mass is 10.1. The molecule has 0 radical (unpaired) electrons. The molecule has 0 saturated heterocycles. The summed E-state index contributed by atoms with van der Waals surface area (Å²) in [7, 11) is 1.83. The van der Waals surface area contributed by atoms with Crippen molar-refractivity contribution in [3.63, 3.8) is 0 Å². The lowest BCUT2D eigenvalue weighted by molar-refractivity contribution is 0.0977. The quantitative estimate of drug-likeness (QED) is 0.526. The molecule has 0 aliphatic rings. The molecule has 3 heterocycles. The summed E-state index contributed by atoms with van der Waals surface area (Å²) in [6.45, 7) is 6.33. The fourth-order valence-corrected chi connectivity index (χ4v) is 4.20. The molecule has 0 unspecified atom stereocenters. The van der Waals surface area contributed by atoms with Gasteiger partial charge >= 0.3 is 0 Å². The molecule has 0 atom stereocenters. The SMILES string of the molecule is Cc1cc(C)c2nc(N(Cc3ccco3)C(=O)c3cc(C)n(C)n3)sc2c1. The van der Waals surface area contributed by atoms with Crippen LogP contribution in [0.15, 0.2) is 41.0 Å². The van der Waals surface area contributed by atoms with Crippen LogP contribution < -0.4 is 4.90 Å². The monoisotopic (exact) mass is 380 g/mol. The Morgan fingerprint density at radius 3 is 2.74 bits per heavy atom. The Morgan fingerprint density at radius 1 is 1.26 bits per heavy atom. The van der Waals surface area contributed by atoms with Crippen molar-refractivity contribution in [3.8, 4) is 0 Å². The third-order valence-electron chi connectivity index (χ3n) is 4.52. The predicted molar refractivity (Wildman–Crippen MR) is 106 cm³/mol. The second kappa shape index (κ2) is 6.66. The minimum absolute atomic E-state index is 0.191. The molecule has 0 spiro atoms. The Hall–Kier alpha value is -2.93. The minimum atomic E-state index is -0.191. The highest BCUT2D eigenvalue weighted by molar-refractivity contribution is 7.22. The molecule has 3 aromatic heterocycles. The van der Waals surface area contributed by atoms with Gasteiger partial charge in [0.05, 0.1) is 23.0 Å². The van der Waals surface area contributed by atoms with Crippen molar-refractivity contribution in [2.75, 3.05) is 4.90 Å². The molecular formula is C20H20N4O2S. The lowest BCUT2D eigenvalue weighted by Gasteiger charge is -2.17. The molecule has 1 aromatic carbocycles. The molecule has 4 aromatic rings. The topological polar surface area (TPSA) is 64.2 Å². The van der Waals surface area contributed by atoms with Crippen LogP contribution in [0.2, 0.25) is 0 Å². The normalized spacial score (nSPS) is 11.3. The van der Waals surface area contributed by atoms with Crippen LogP contribution in [-0.4, -0.2) is 20.7 Å². The first-order chi connectivity index (χ1) is 12.9. The van der Waals surface area contributed by atoms with Gasteiger partial charge in [-0.2, -0.15) is 5.10 Å². The number of aryl methyl sites for hydroxylation is 4. The van der Waals surface area contributed by atoms with E-state index in [9.17, 15) is 4.79 Å². The number of furan rings is 1. The van der Waals surface area contributed by atoms with Gasteiger partial charge in [-0.1, -0.05) is 17.4 Å². The molecule has 0 saturated carbocycles. The Kier molecular flexibility index (Phi) is 4.31. The fourth-order valence-electron chi connectivity index (χ4n) is 3.06. The minimum Gasteiger partial charge on any atom is -0.467 e. The summed E-state index contributed by atoms with van der Waals surface area (Å²) in [5, 5.41) is 4.99. The zero-order valence-corrected chi connectivity index (χ0v) is 16.5. The number of fused-ring (bicyclic) bond motifs is 1. The molecule has 7 heteroatoms. The van der Waals surface area contributed by atoms with Crippen LogP contribution >= 0.6 is 11.3 Å². The van der Waals surface area contributed by atoms with Crippen molar-refractivity contribution in [2.45, 2.75) is 27.3 Å². The number of rotatable bonds is 4. The summed E-state index contributed by atoms with van der Waals surface area (Å²) in [5.74, 6) is 0.506. The van der Waals surface area contributed by atoms with Crippen LogP contribution in [0.3, 0.4) is 0 Å². The third-order valence-corrected chi connectivity index (χ3v) is 5.55. The number of hydrogen-bond donors (Lipinski definition) is 0. The van der Waals surface area contributed by atoms with Crippen molar-refractivity contribution in [1.82, 2.24) is 14.8 Å². The van der Waals surface area contributed by atoms with Crippen molar-refractivity contribution in [2.24, 2.45) is 7.05 Å². The summed E-state index contributed by atoms with van der Waals surface area (Å²) in [5.41, 5.74) is 4.53. The Balaban J connectivity index is 1.80. The van der Waals surface area contributed by atoms with E-state index in [4.69, 9.17) is 9.40 Å². The number of thiazole rings is 1. The van der Waals surface area contributed by atoms with Gasteiger partial charge in [0.2, 0.25) is 0 Å². The average Bonchev–Trinajstić information content (AvgIpc) is 3.33. The third kappa shape index (κ3) is 3.26. The van der Waals surface area contributed by atoms with Crippen LogP contribution in [0.1, 0.15) is 33.1 Å². The van der Waals surface area contributed by atoms with E-state index in [-0.39, 0.29) is 5.91 Å². The summed E-state index contributed by atoms with van der Waals surface area (Å²) in [4.78, 5) is 19.6.